The number of carbonyl (C=O) groups is 1. The molecule has 0 spiro atoms. The fraction of sp³-hybridized carbons (Fsp3) is 0.300. The molecule has 0 aliphatic carbocycles. The monoisotopic (exact) mass is 419 g/mol. The van der Waals surface area contributed by atoms with Crippen molar-refractivity contribution in [2.45, 2.75) is 13.5 Å². The largest absolute Gasteiger partial charge is 0.512 e. The number of carboxylic acid groups (broad SMARTS) is 1. The number of rotatable bonds is 5. The Hall–Kier alpha value is -3.40. The van der Waals surface area contributed by atoms with Gasteiger partial charge in [0.2, 0.25) is 5.88 Å². The third-order valence-corrected chi connectivity index (χ3v) is 4.78. The van der Waals surface area contributed by atoms with Crippen LogP contribution < -0.4 is 14.4 Å². The second kappa shape index (κ2) is 8.15. The molecule has 0 saturated carbocycles. The summed E-state index contributed by atoms with van der Waals surface area (Å²) in [5.41, 5.74) is 1.11. The number of fused-ring (bicyclic) bond motifs is 1. The Kier molecular flexibility index (Phi) is 5.40. The van der Waals surface area contributed by atoms with E-state index in [0.717, 1.165) is 12.1 Å². The lowest BCUT2D eigenvalue weighted by molar-refractivity contribution is 0.122. The van der Waals surface area contributed by atoms with Crippen LogP contribution in [0.4, 0.5) is 19.3 Å². The van der Waals surface area contributed by atoms with Gasteiger partial charge in [-0.2, -0.15) is 0 Å². The van der Waals surface area contributed by atoms with Gasteiger partial charge in [-0.25, -0.2) is 18.6 Å². The minimum atomic E-state index is -1.48. The quantitative estimate of drug-likeness (QED) is 0.635. The molecule has 0 bridgehead atoms. The highest BCUT2D eigenvalue weighted by Crippen LogP contribution is 2.32. The third kappa shape index (κ3) is 3.86. The van der Waals surface area contributed by atoms with Crippen LogP contribution in [0.2, 0.25) is 0 Å². The highest BCUT2D eigenvalue weighted by Gasteiger charge is 2.21. The SMILES string of the molecule is Cc1nc2c(OCc3c(F)cccc3F)cc(N3CCOCC3)cn2c1OC(=O)O. The molecule has 1 saturated heterocycles. The number of aryl methyl sites for hydroxylation is 1. The summed E-state index contributed by atoms with van der Waals surface area (Å²) < 4.78 is 45.5. The fourth-order valence-corrected chi connectivity index (χ4v) is 3.32. The minimum Gasteiger partial charge on any atom is -0.485 e. The second-order valence-electron chi connectivity index (χ2n) is 6.71. The van der Waals surface area contributed by atoms with E-state index in [1.54, 1.807) is 19.2 Å². The molecule has 8 nitrogen and oxygen atoms in total. The van der Waals surface area contributed by atoms with Gasteiger partial charge in [0.05, 0.1) is 24.5 Å². The van der Waals surface area contributed by atoms with Gasteiger partial charge in [-0.3, -0.25) is 4.40 Å². The van der Waals surface area contributed by atoms with Crippen molar-refractivity contribution in [1.82, 2.24) is 9.38 Å². The zero-order valence-electron chi connectivity index (χ0n) is 16.1. The smallest absolute Gasteiger partial charge is 0.485 e. The second-order valence-corrected chi connectivity index (χ2v) is 6.71. The lowest BCUT2D eigenvalue weighted by atomic mass is 10.2. The van der Waals surface area contributed by atoms with Crippen molar-refractivity contribution in [2.24, 2.45) is 0 Å². The first-order valence-corrected chi connectivity index (χ1v) is 9.26. The van der Waals surface area contributed by atoms with Gasteiger partial charge in [0.1, 0.15) is 23.9 Å². The number of nitrogens with zero attached hydrogens (tertiary/aromatic N) is 3. The number of anilines is 1. The molecule has 1 aromatic carbocycles. The van der Waals surface area contributed by atoms with E-state index in [-0.39, 0.29) is 29.4 Å². The van der Waals surface area contributed by atoms with Gasteiger partial charge in [0.15, 0.2) is 11.4 Å². The third-order valence-electron chi connectivity index (χ3n) is 4.78. The van der Waals surface area contributed by atoms with E-state index in [1.807, 2.05) is 4.90 Å². The first-order chi connectivity index (χ1) is 14.4. The molecule has 0 amide bonds. The average Bonchev–Trinajstić information content (AvgIpc) is 3.03. The maximum Gasteiger partial charge on any atom is 0.512 e. The lowest BCUT2D eigenvalue weighted by Gasteiger charge is -2.29. The minimum absolute atomic E-state index is 0.0227. The van der Waals surface area contributed by atoms with E-state index in [0.29, 0.717) is 37.7 Å². The molecular formula is C20H19F2N3O5. The van der Waals surface area contributed by atoms with Crippen molar-refractivity contribution in [3.8, 4) is 11.6 Å². The summed E-state index contributed by atoms with van der Waals surface area (Å²) in [6.07, 6.45) is 0.211. The molecule has 1 aliphatic rings. The molecule has 1 N–H and O–H groups in total. The summed E-state index contributed by atoms with van der Waals surface area (Å²) in [6.45, 7) is 3.55. The van der Waals surface area contributed by atoms with E-state index in [4.69, 9.17) is 19.3 Å². The predicted octanol–water partition coefficient (Wildman–Crippen LogP) is 3.39. The van der Waals surface area contributed by atoms with Crippen LogP contribution in [0.5, 0.6) is 11.6 Å². The molecule has 0 radical (unpaired) electrons. The molecular weight excluding hydrogens is 400 g/mol. The summed E-state index contributed by atoms with van der Waals surface area (Å²) in [4.78, 5) is 17.5. The van der Waals surface area contributed by atoms with E-state index < -0.39 is 17.8 Å². The molecule has 4 rings (SSSR count). The Morgan fingerprint density at radius 1 is 1.27 bits per heavy atom. The molecule has 10 heteroatoms. The summed E-state index contributed by atoms with van der Waals surface area (Å²) >= 11 is 0. The van der Waals surface area contributed by atoms with E-state index in [1.165, 1.54) is 10.5 Å². The zero-order valence-corrected chi connectivity index (χ0v) is 16.1. The van der Waals surface area contributed by atoms with Gasteiger partial charge in [-0.05, 0) is 19.1 Å². The number of halogens is 2. The standard InChI is InChI=1S/C20H19F2N3O5/c1-12-19(30-20(26)27)25-10-13(24-5-7-28-8-6-24)9-17(18(25)23-12)29-11-14-15(21)3-2-4-16(14)22/h2-4,9-10H,5-8,11H2,1H3,(H,26,27). The molecule has 3 aromatic rings. The summed E-state index contributed by atoms with van der Waals surface area (Å²) in [5.74, 6) is -1.17. The summed E-state index contributed by atoms with van der Waals surface area (Å²) in [6, 6.07) is 5.29. The number of pyridine rings is 1. The van der Waals surface area contributed by atoms with E-state index in [9.17, 15) is 13.6 Å². The Morgan fingerprint density at radius 2 is 1.97 bits per heavy atom. The van der Waals surface area contributed by atoms with E-state index in [2.05, 4.69) is 4.98 Å². The number of imidazole rings is 1. The molecule has 0 unspecified atom stereocenters. The average molecular weight is 419 g/mol. The van der Waals surface area contributed by atoms with Crippen molar-refractivity contribution in [3.63, 3.8) is 0 Å². The first-order valence-electron chi connectivity index (χ1n) is 9.26. The predicted molar refractivity (Wildman–Crippen MR) is 102 cm³/mol. The van der Waals surface area contributed by atoms with Crippen molar-refractivity contribution in [2.75, 3.05) is 31.2 Å². The van der Waals surface area contributed by atoms with Crippen LogP contribution in [-0.2, 0) is 11.3 Å². The maximum absolute atomic E-state index is 14.0. The first kappa shape index (κ1) is 19.9. The highest BCUT2D eigenvalue weighted by molar-refractivity contribution is 5.67. The molecule has 2 aromatic heterocycles. The van der Waals surface area contributed by atoms with Gasteiger partial charge >= 0.3 is 6.16 Å². The van der Waals surface area contributed by atoms with Crippen molar-refractivity contribution in [1.29, 1.82) is 0 Å². The Balaban J connectivity index is 1.77. The normalized spacial score (nSPS) is 14.2. The van der Waals surface area contributed by atoms with Crippen LogP contribution in [0.3, 0.4) is 0 Å². The van der Waals surface area contributed by atoms with Gasteiger partial charge < -0.3 is 24.2 Å². The summed E-state index contributed by atoms with van der Waals surface area (Å²) in [5, 5.41) is 9.06. The number of hydrogen-bond acceptors (Lipinski definition) is 6. The lowest BCUT2D eigenvalue weighted by Crippen LogP contribution is -2.36. The molecule has 0 atom stereocenters. The van der Waals surface area contributed by atoms with E-state index >= 15 is 0 Å². The Bertz CT molecular complexity index is 1080. The van der Waals surface area contributed by atoms with Crippen LogP contribution in [0.1, 0.15) is 11.3 Å². The van der Waals surface area contributed by atoms with Gasteiger partial charge in [0.25, 0.3) is 0 Å². The van der Waals surface area contributed by atoms with Gasteiger partial charge in [0, 0.05) is 25.4 Å². The molecule has 158 valence electrons. The zero-order chi connectivity index (χ0) is 21.3. The highest BCUT2D eigenvalue weighted by atomic mass is 19.1. The van der Waals surface area contributed by atoms with Crippen molar-refractivity contribution in [3.05, 3.63) is 53.4 Å². The van der Waals surface area contributed by atoms with Crippen LogP contribution in [-0.4, -0.2) is 46.9 Å². The number of benzene rings is 1. The van der Waals surface area contributed by atoms with Crippen molar-refractivity contribution < 1.29 is 32.9 Å². The molecule has 3 heterocycles. The Morgan fingerprint density at radius 3 is 2.63 bits per heavy atom. The van der Waals surface area contributed by atoms with Crippen LogP contribution >= 0.6 is 0 Å². The summed E-state index contributed by atoms with van der Waals surface area (Å²) in [7, 11) is 0. The fourth-order valence-electron chi connectivity index (χ4n) is 3.32. The van der Waals surface area contributed by atoms with Crippen LogP contribution in [0.25, 0.3) is 5.65 Å². The molecule has 1 aliphatic heterocycles. The topological polar surface area (TPSA) is 85.5 Å². The number of ether oxygens (including phenoxy) is 3. The number of aromatic nitrogens is 2. The van der Waals surface area contributed by atoms with Crippen LogP contribution in [0.15, 0.2) is 30.5 Å². The molecule has 30 heavy (non-hydrogen) atoms. The van der Waals surface area contributed by atoms with Crippen LogP contribution in [0, 0.1) is 18.6 Å². The molecule has 1 fully saturated rings. The van der Waals surface area contributed by atoms with Gasteiger partial charge in [-0.1, -0.05) is 6.07 Å². The number of hydrogen-bond donors (Lipinski definition) is 1. The number of morpholine rings is 1. The van der Waals surface area contributed by atoms with Crippen molar-refractivity contribution >= 4 is 17.5 Å². The maximum atomic E-state index is 14.0. The van der Waals surface area contributed by atoms with Gasteiger partial charge in [-0.15, -0.1) is 0 Å². The Labute approximate surface area is 170 Å².